The highest BCUT2D eigenvalue weighted by molar-refractivity contribution is 6.12. The Labute approximate surface area is 121 Å². The molecular weight excluding hydrogens is 276 g/mol. The number of carbonyl (C=O) groups excluding carboxylic acids is 2. The summed E-state index contributed by atoms with van der Waals surface area (Å²) in [5.74, 6) is -0.766. The van der Waals surface area contributed by atoms with Gasteiger partial charge in [-0.3, -0.25) is 24.6 Å². The molecule has 0 radical (unpaired) electrons. The molecule has 0 bridgehead atoms. The zero-order chi connectivity index (χ0) is 15.4. The van der Waals surface area contributed by atoms with Crippen molar-refractivity contribution in [2.75, 3.05) is 13.2 Å². The monoisotopic (exact) mass is 290 g/mol. The van der Waals surface area contributed by atoms with E-state index >= 15 is 0 Å². The fourth-order valence-electron chi connectivity index (χ4n) is 2.04. The Bertz CT molecular complexity index is 576. The molecule has 1 aromatic carbocycles. The van der Waals surface area contributed by atoms with Gasteiger partial charge in [-0.15, -0.1) is 0 Å². The summed E-state index contributed by atoms with van der Waals surface area (Å²) in [5, 5.41) is 10.6. The van der Waals surface area contributed by atoms with Crippen LogP contribution in [0.4, 0.5) is 5.69 Å². The first kappa shape index (κ1) is 14.9. The van der Waals surface area contributed by atoms with Gasteiger partial charge in [0.25, 0.3) is 17.5 Å². The Morgan fingerprint density at radius 1 is 1.19 bits per heavy atom. The Morgan fingerprint density at radius 3 is 2.24 bits per heavy atom. The number of hydrogen-bond donors (Lipinski definition) is 0. The zero-order valence-corrected chi connectivity index (χ0v) is 11.4. The predicted octanol–water partition coefficient (Wildman–Crippen LogP) is 1.60. The van der Waals surface area contributed by atoms with Crippen LogP contribution in [0.15, 0.2) is 36.4 Å². The zero-order valence-electron chi connectivity index (χ0n) is 11.4. The predicted molar refractivity (Wildman–Crippen MR) is 73.3 cm³/mol. The number of imide groups is 1. The number of ether oxygens (including phenoxy) is 1. The number of nitrogens with zero attached hydrogens (tertiary/aromatic N) is 2. The van der Waals surface area contributed by atoms with E-state index in [0.717, 1.165) is 4.90 Å². The summed E-state index contributed by atoms with van der Waals surface area (Å²) in [7, 11) is 0. The van der Waals surface area contributed by atoms with E-state index in [0.29, 0.717) is 12.2 Å². The molecule has 1 atom stereocenters. The summed E-state index contributed by atoms with van der Waals surface area (Å²) >= 11 is 0. The van der Waals surface area contributed by atoms with Crippen molar-refractivity contribution in [3.63, 3.8) is 0 Å². The molecule has 0 saturated carbocycles. The van der Waals surface area contributed by atoms with Crippen LogP contribution in [-0.2, 0) is 14.3 Å². The van der Waals surface area contributed by atoms with Crippen LogP contribution in [0.3, 0.4) is 0 Å². The minimum absolute atomic E-state index is 0.0241. The van der Waals surface area contributed by atoms with Crippen molar-refractivity contribution in [3.8, 4) is 0 Å². The summed E-state index contributed by atoms with van der Waals surface area (Å²) in [6.45, 7) is 2.27. The van der Waals surface area contributed by atoms with Gasteiger partial charge >= 0.3 is 0 Å². The lowest BCUT2D eigenvalue weighted by molar-refractivity contribution is -0.384. The van der Waals surface area contributed by atoms with Gasteiger partial charge in [0.05, 0.1) is 11.5 Å². The Hall–Kier alpha value is -2.54. The van der Waals surface area contributed by atoms with Gasteiger partial charge in [0.2, 0.25) is 0 Å². The molecule has 1 aliphatic heterocycles. The van der Waals surface area contributed by atoms with Crippen molar-refractivity contribution in [1.29, 1.82) is 0 Å². The number of rotatable bonds is 6. The van der Waals surface area contributed by atoms with Crippen LogP contribution in [0.25, 0.3) is 0 Å². The first-order chi connectivity index (χ1) is 10.0. The molecule has 1 aromatic rings. The van der Waals surface area contributed by atoms with Crippen LogP contribution in [0.5, 0.6) is 0 Å². The summed E-state index contributed by atoms with van der Waals surface area (Å²) in [5.41, 5.74) is 0.652. The molecule has 2 amide bonds. The Kier molecular flexibility index (Phi) is 4.44. The second kappa shape index (κ2) is 6.27. The van der Waals surface area contributed by atoms with Gasteiger partial charge in [0.1, 0.15) is 6.10 Å². The largest absolute Gasteiger partial charge is 0.372 e. The van der Waals surface area contributed by atoms with E-state index in [-0.39, 0.29) is 24.0 Å². The second-order valence-electron chi connectivity index (χ2n) is 4.41. The maximum Gasteiger partial charge on any atom is 0.269 e. The van der Waals surface area contributed by atoms with E-state index in [9.17, 15) is 19.7 Å². The minimum Gasteiger partial charge on any atom is -0.372 e. The van der Waals surface area contributed by atoms with Crippen molar-refractivity contribution >= 4 is 17.5 Å². The summed E-state index contributed by atoms with van der Waals surface area (Å²) in [6, 6.07) is 5.87. The van der Waals surface area contributed by atoms with Gasteiger partial charge in [0.15, 0.2) is 0 Å². The molecule has 0 spiro atoms. The van der Waals surface area contributed by atoms with Gasteiger partial charge in [-0.05, 0) is 24.6 Å². The number of nitro benzene ring substituents is 1. The number of amides is 2. The molecular formula is C14H14N2O5. The molecule has 110 valence electrons. The van der Waals surface area contributed by atoms with E-state index in [2.05, 4.69) is 0 Å². The number of non-ortho nitro benzene ring substituents is 1. The van der Waals surface area contributed by atoms with Crippen LogP contribution < -0.4 is 0 Å². The quantitative estimate of drug-likeness (QED) is 0.451. The third-order valence-electron chi connectivity index (χ3n) is 3.09. The van der Waals surface area contributed by atoms with Crippen LogP contribution in [0.2, 0.25) is 0 Å². The summed E-state index contributed by atoms with van der Waals surface area (Å²) in [6.07, 6.45) is 1.91. The maximum absolute atomic E-state index is 11.6. The van der Waals surface area contributed by atoms with E-state index in [4.69, 9.17) is 4.74 Å². The highest BCUT2D eigenvalue weighted by atomic mass is 16.6. The first-order valence-electron chi connectivity index (χ1n) is 6.42. The molecule has 0 N–H and O–H groups in total. The summed E-state index contributed by atoms with van der Waals surface area (Å²) < 4.78 is 5.54. The van der Waals surface area contributed by atoms with Gasteiger partial charge in [-0.2, -0.15) is 0 Å². The lowest BCUT2D eigenvalue weighted by Gasteiger charge is -2.22. The molecule has 0 fully saturated rings. The standard InChI is InChI=1S/C14H14N2O5/c1-2-21-12(9-15-13(17)7-8-14(15)18)10-3-5-11(6-4-10)16(19)20/h3-8,12H,2,9H2,1H3. The third kappa shape index (κ3) is 3.32. The Morgan fingerprint density at radius 2 is 1.76 bits per heavy atom. The molecule has 1 unspecified atom stereocenters. The van der Waals surface area contributed by atoms with E-state index in [1.54, 1.807) is 19.1 Å². The van der Waals surface area contributed by atoms with Crippen LogP contribution in [0.1, 0.15) is 18.6 Å². The van der Waals surface area contributed by atoms with Gasteiger partial charge in [-0.25, -0.2) is 0 Å². The molecule has 1 heterocycles. The number of nitro groups is 1. The number of hydrogen-bond acceptors (Lipinski definition) is 5. The Balaban J connectivity index is 2.16. The van der Waals surface area contributed by atoms with Crippen molar-refractivity contribution in [2.24, 2.45) is 0 Å². The topological polar surface area (TPSA) is 89.8 Å². The van der Waals surface area contributed by atoms with E-state index < -0.39 is 11.0 Å². The van der Waals surface area contributed by atoms with E-state index in [1.165, 1.54) is 24.3 Å². The highest BCUT2D eigenvalue weighted by Gasteiger charge is 2.27. The normalized spacial score (nSPS) is 15.6. The van der Waals surface area contributed by atoms with Crippen LogP contribution in [0, 0.1) is 10.1 Å². The van der Waals surface area contributed by atoms with Crippen molar-refractivity contribution in [1.82, 2.24) is 4.90 Å². The fourth-order valence-corrected chi connectivity index (χ4v) is 2.04. The average molecular weight is 290 g/mol. The van der Waals surface area contributed by atoms with Crippen molar-refractivity contribution < 1.29 is 19.2 Å². The summed E-state index contributed by atoms with van der Waals surface area (Å²) in [4.78, 5) is 34.4. The van der Waals surface area contributed by atoms with Crippen LogP contribution >= 0.6 is 0 Å². The molecule has 0 aliphatic carbocycles. The van der Waals surface area contributed by atoms with Gasteiger partial charge in [-0.1, -0.05) is 0 Å². The smallest absolute Gasteiger partial charge is 0.269 e. The highest BCUT2D eigenvalue weighted by Crippen LogP contribution is 2.23. The minimum atomic E-state index is -0.511. The average Bonchev–Trinajstić information content (AvgIpc) is 2.78. The van der Waals surface area contributed by atoms with Crippen LogP contribution in [-0.4, -0.2) is 34.8 Å². The molecule has 21 heavy (non-hydrogen) atoms. The van der Waals surface area contributed by atoms with Crippen molar-refractivity contribution in [2.45, 2.75) is 13.0 Å². The second-order valence-corrected chi connectivity index (χ2v) is 4.41. The number of carbonyl (C=O) groups is 2. The van der Waals surface area contributed by atoms with Gasteiger partial charge in [0, 0.05) is 30.9 Å². The SMILES string of the molecule is CCOC(CN1C(=O)C=CC1=O)c1ccc([N+](=O)[O-])cc1. The third-order valence-corrected chi connectivity index (χ3v) is 3.09. The fraction of sp³-hybridized carbons (Fsp3) is 0.286. The molecule has 1 aliphatic rings. The number of benzene rings is 1. The molecule has 0 saturated heterocycles. The molecule has 7 heteroatoms. The maximum atomic E-state index is 11.6. The van der Waals surface area contributed by atoms with Crippen molar-refractivity contribution in [3.05, 3.63) is 52.1 Å². The van der Waals surface area contributed by atoms with E-state index in [1.807, 2.05) is 0 Å². The lowest BCUT2D eigenvalue weighted by atomic mass is 10.1. The molecule has 2 rings (SSSR count). The lowest BCUT2D eigenvalue weighted by Crippen LogP contribution is -2.34. The molecule has 0 aromatic heterocycles. The first-order valence-corrected chi connectivity index (χ1v) is 6.42. The molecule has 7 nitrogen and oxygen atoms in total. The van der Waals surface area contributed by atoms with Gasteiger partial charge < -0.3 is 4.74 Å².